The van der Waals surface area contributed by atoms with Crippen LogP contribution in [0.3, 0.4) is 0 Å². The molecule has 1 rings (SSSR count). The van der Waals surface area contributed by atoms with Crippen molar-refractivity contribution in [2.45, 2.75) is 45.4 Å². The summed E-state index contributed by atoms with van der Waals surface area (Å²) in [5, 5.41) is 0. The Balaban J connectivity index is 0.00000400. The Hall–Kier alpha value is -1.59. The van der Waals surface area contributed by atoms with Gasteiger partial charge in [-0.2, -0.15) is 0 Å². The molecule has 0 aromatic heterocycles. The number of rotatable bonds is 7. The second kappa shape index (κ2) is 10.2. The Kier molecular flexibility index (Phi) is 9.41. The molecule has 0 unspecified atom stereocenters. The maximum atomic E-state index is 11.6. The topological polar surface area (TPSA) is 80.2 Å². The third-order valence-corrected chi connectivity index (χ3v) is 2.54. The van der Waals surface area contributed by atoms with E-state index in [1.165, 1.54) is 0 Å². The van der Waals surface area contributed by atoms with E-state index >= 15 is 0 Å². The van der Waals surface area contributed by atoms with Gasteiger partial charge in [0.25, 0.3) is 0 Å². The fourth-order valence-corrected chi connectivity index (χ4v) is 1.63. The molecule has 0 amide bonds. The van der Waals surface area contributed by atoms with Crippen molar-refractivity contribution >= 4 is 11.9 Å². The van der Waals surface area contributed by atoms with Crippen LogP contribution < -0.4 is 18.1 Å². The van der Waals surface area contributed by atoms with Gasteiger partial charge in [0.2, 0.25) is 0 Å². The average Bonchev–Trinajstić information content (AvgIpc) is 2.36. The first kappa shape index (κ1) is 19.4. The van der Waals surface area contributed by atoms with Crippen LogP contribution in [0.1, 0.15) is 32.3 Å². The van der Waals surface area contributed by atoms with Gasteiger partial charge in [0.1, 0.15) is 12.7 Å². The molecule has 1 aromatic rings. The molecular weight excluding hydrogens is 294 g/mol. The summed E-state index contributed by atoms with van der Waals surface area (Å²) in [6, 6.07) is 9.43. The monoisotopic (exact) mass is 315 g/mol. The van der Waals surface area contributed by atoms with Crippen LogP contribution in [0.25, 0.3) is 0 Å². The summed E-state index contributed by atoms with van der Waals surface area (Å²) < 4.78 is 10.2. The van der Waals surface area contributed by atoms with Crippen molar-refractivity contribution < 1.29 is 37.2 Å². The molecule has 0 saturated heterocycles. The van der Waals surface area contributed by atoms with E-state index in [1.54, 1.807) is 6.92 Å². The van der Waals surface area contributed by atoms with Gasteiger partial charge in [-0.15, -0.1) is 0 Å². The molecule has 0 heterocycles. The summed E-state index contributed by atoms with van der Waals surface area (Å²) in [4.78, 5) is 23.0. The largest absolute Gasteiger partial charge is 1.00 e. The lowest BCUT2D eigenvalue weighted by molar-refractivity contribution is -0.413. The Morgan fingerprint density at radius 3 is 2.29 bits per heavy atom. The SMILES string of the molecule is C[C@H]([NH3+])CC(=O)O[C@H](C)CC(=O)OCc1ccccc1.[Cl-]. The Morgan fingerprint density at radius 1 is 1.10 bits per heavy atom. The van der Waals surface area contributed by atoms with Crippen LogP contribution in [-0.2, 0) is 25.7 Å². The van der Waals surface area contributed by atoms with Gasteiger partial charge < -0.3 is 27.6 Å². The minimum atomic E-state index is -0.482. The Morgan fingerprint density at radius 2 is 1.71 bits per heavy atom. The highest BCUT2D eigenvalue weighted by atomic mass is 35.5. The number of hydrogen-bond acceptors (Lipinski definition) is 4. The van der Waals surface area contributed by atoms with E-state index in [9.17, 15) is 9.59 Å². The zero-order chi connectivity index (χ0) is 15.0. The molecule has 2 atom stereocenters. The molecule has 0 spiro atoms. The lowest BCUT2D eigenvalue weighted by Crippen LogP contribution is -3.00. The van der Waals surface area contributed by atoms with Crippen molar-refractivity contribution in [2.75, 3.05) is 0 Å². The first-order chi connectivity index (χ1) is 9.47. The predicted molar refractivity (Wildman–Crippen MR) is 73.4 cm³/mol. The van der Waals surface area contributed by atoms with Gasteiger partial charge in [0, 0.05) is 0 Å². The third-order valence-electron chi connectivity index (χ3n) is 2.54. The van der Waals surface area contributed by atoms with Crippen molar-refractivity contribution in [1.82, 2.24) is 0 Å². The van der Waals surface area contributed by atoms with E-state index in [0.717, 1.165) is 5.56 Å². The van der Waals surface area contributed by atoms with Crippen LogP contribution in [0.2, 0.25) is 0 Å². The highest BCUT2D eigenvalue weighted by Crippen LogP contribution is 2.05. The first-order valence-electron chi connectivity index (χ1n) is 6.69. The minimum Gasteiger partial charge on any atom is -1.00 e. The molecule has 0 aliphatic carbocycles. The van der Waals surface area contributed by atoms with Crippen molar-refractivity contribution in [3.63, 3.8) is 0 Å². The zero-order valence-corrected chi connectivity index (χ0v) is 13.1. The van der Waals surface area contributed by atoms with E-state index in [2.05, 4.69) is 5.73 Å². The zero-order valence-electron chi connectivity index (χ0n) is 12.4. The van der Waals surface area contributed by atoms with Crippen LogP contribution >= 0.6 is 0 Å². The van der Waals surface area contributed by atoms with E-state index in [-0.39, 0.29) is 49.8 Å². The van der Waals surface area contributed by atoms with Gasteiger partial charge in [-0.25, -0.2) is 0 Å². The number of carbonyl (C=O) groups excluding carboxylic acids is 2. The number of carbonyl (C=O) groups is 2. The Labute approximate surface area is 131 Å². The van der Waals surface area contributed by atoms with Crippen LogP contribution in [0, 0.1) is 0 Å². The fourth-order valence-electron chi connectivity index (χ4n) is 1.63. The molecular formula is C15H22ClNO4. The predicted octanol–water partition coefficient (Wildman–Crippen LogP) is -1.92. The molecule has 0 saturated carbocycles. The summed E-state index contributed by atoms with van der Waals surface area (Å²) in [6.45, 7) is 3.74. The first-order valence-corrected chi connectivity index (χ1v) is 6.69. The molecule has 6 heteroatoms. The number of hydrogen-bond donors (Lipinski definition) is 1. The molecule has 3 N–H and O–H groups in total. The van der Waals surface area contributed by atoms with Gasteiger partial charge in [-0.3, -0.25) is 9.59 Å². The van der Waals surface area contributed by atoms with E-state index < -0.39 is 6.10 Å². The van der Waals surface area contributed by atoms with Gasteiger partial charge in [-0.1, -0.05) is 30.3 Å². The van der Waals surface area contributed by atoms with Crippen LogP contribution in [0.15, 0.2) is 30.3 Å². The smallest absolute Gasteiger partial charge is 0.312 e. The number of ether oxygens (including phenoxy) is 2. The van der Waals surface area contributed by atoms with Crippen molar-refractivity contribution in [3.8, 4) is 0 Å². The molecule has 0 aliphatic heterocycles. The quantitative estimate of drug-likeness (QED) is 0.595. The minimum absolute atomic E-state index is 0. The average molecular weight is 316 g/mol. The maximum Gasteiger partial charge on any atom is 0.312 e. The van der Waals surface area contributed by atoms with Crippen molar-refractivity contribution in [2.24, 2.45) is 0 Å². The maximum absolute atomic E-state index is 11.6. The number of esters is 2. The number of halogens is 1. The highest BCUT2D eigenvalue weighted by Gasteiger charge is 2.16. The van der Waals surface area contributed by atoms with Crippen LogP contribution in [0.4, 0.5) is 0 Å². The Bertz CT molecular complexity index is 437. The number of quaternary nitrogens is 1. The normalized spacial score (nSPS) is 12.7. The third kappa shape index (κ3) is 9.05. The molecule has 0 aliphatic rings. The molecule has 5 nitrogen and oxygen atoms in total. The van der Waals surface area contributed by atoms with E-state index in [0.29, 0.717) is 0 Å². The van der Waals surface area contributed by atoms with E-state index in [1.807, 2.05) is 37.3 Å². The summed E-state index contributed by atoms with van der Waals surface area (Å²) >= 11 is 0. The molecule has 118 valence electrons. The lowest BCUT2D eigenvalue weighted by Gasteiger charge is -2.13. The second-order valence-corrected chi connectivity index (χ2v) is 4.96. The lowest BCUT2D eigenvalue weighted by atomic mass is 10.2. The van der Waals surface area contributed by atoms with Crippen molar-refractivity contribution in [1.29, 1.82) is 0 Å². The van der Waals surface area contributed by atoms with E-state index in [4.69, 9.17) is 9.47 Å². The molecule has 21 heavy (non-hydrogen) atoms. The summed E-state index contributed by atoms with van der Waals surface area (Å²) in [5.74, 6) is -0.715. The molecule has 0 fully saturated rings. The molecule has 0 bridgehead atoms. The fraction of sp³-hybridized carbons (Fsp3) is 0.467. The summed E-state index contributed by atoms with van der Waals surface area (Å²) in [5.41, 5.74) is 4.64. The molecule has 0 radical (unpaired) electrons. The number of benzene rings is 1. The van der Waals surface area contributed by atoms with Gasteiger partial charge >= 0.3 is 11.9 Å². The van der Waals surface area contributed by atoms with Gasteiger partial charge in [0.15, 0.2) is 0 Å². The standard InChI is InChI=1S/C15H21NO4.ClH/c1-11(16)8-15(18)20-12(2)9-14(17)19-10-13-6-4-3-5-7-13;/h3-7,11-12H,8-10,16H2,1-2H3;1H/t11-,12+;/m0./s1. The van der Waals surface area contributed by atoms with Crippen molar-refractivity contribution in [3.05, 3.63) is 35.9 Å². The second-order valence-electron chi connectivity index (χ2n) is 4.96. The summed E-state index contributed by atoms with van der Waals surface area (Å²) in [6.07, 6.45) is -0.169. The van der Waals surface area contributed by atoms with Crippen LogP contribution in [-0.4, -0.2) is 24.1 Å². The summed E-state index contributed by atoms with van der Waals surface area (Å²) in [7, 11) is 0. The highest BCUT2D eigenvalue weighted by molar-refractivity contribution is 5.72. The van der Waals surface area contributed by atoms with Gasteiger partial charge in [-0.05, 0) is 19.4 Å². The van der Waals surface area contributed by atoms with Gasteiger partial charge in [0.05, 0.1) is 18.9 Å². The van der Waals surface area contributed by atoms with Crippen LogP contribution in [0.5, 0.6) is 0 Å². The molecule has 1 aromatic carbocycles.